The molecular weight excluding hydrogens is 298 g/mol. The average molecular weight is 310 g/mol. The molecule has 2 rings (SSSR count). The fraction of sp³-hybridized carbons (Fsp3) is 0.154. The molecule has 1 amide bonds. The Morgan fingerprint density at radius 3 is 2.76 bits per heavy atom. The number of amides is 1. The largest absolute Gasteiger partial charge is 0.325 e. The van der Waals surface area contributed by atoms with Crippen molar-refractivity contribution in [2.75, 3.05) is 5.32 Å². The number of carbonyl (C=O) groups excluding carboxylic acids is 1. The molecule has 0 saturated carbocycles. The fourth-order valence-electron chi connectivity index (χ4n) is 1.52. The van der Waals surface area contributed by atoms with Crippen LogP contribution in [0.15, 0.2) is 41.8 Å². The predicted octanol–water partition coefficient (Wildman–Crippen LogP) is 3.82. The highest BCUT2D eigenvalue weighted by Crippen LogP contribution is 2.18. The minimum atomic E-state index is 0.0286. The van der Waals surface area contributed by atoms with E-state index in [1.165, 1.54) is 0 Å². The lowest BCUT2D eigenvalue weighted by Crippen LogP contribution is -2.14. The second kappa shape index (κ2) is 5.98. The van der Waals surface area contributed by atoms with Gasteiger partial charge in [0, 0.05) is 15.9 Å². The third-order valence-electron chi connectivity index (χ3n) is 2.35. The SMILES string of the molecule is O=C(Cc1cccs1)Nc1ccccc1CBr. The van der Waals surface area contributed by atoms with Crippen LogP contribution in [0.3, 0.4) is 0 Å². The van der Waals surface area contributed by atoms with Crippen LogP contribution in [0.25, 0.3) is 0 Å². The number of halogens is 1. The van der Waals surface area contributed by atoms with Crippen molar-refractivity contribution in [3.63, 3.8) is 0 Å². The van der Waals surface area contributed by atoms with E-state index in [0.29, 0.717) is 6.42 Å². The van der Waals surface area contributed by atoms with Crippen LogP contribution in [0.1, 0.15) is 10.4 Å². The van der Waals surface area contributed by atoms with Gasteiger partial charge in [0.2, 0.25) is 5.91 Å². The first-order valence-corrected chi connectivity index (χ1v) is 7.26. The van der Waals surface area contributed by atoms with Gasteiger partial charge in [-0.25, -0.2) is 0 Å². The second-order valence-electron chi connectivity index (χ2n) is 3.60. The summed E-state index contributed by atoms with van der Waals surface area (Å²) in [6.45, 7) is 0. The number of hydrogen-bond acceptors (Lipinski definition) is 2. The van der Waals surface area contributed by atoms with E-state index in [1.807, 2.05) is 41.8 Å². The van der Waals surface area contributed by atoms with Gasteiger partial charge < -0.3 is 5.32 Å². The van der Waals surface area contributed by atoms with Crippen molar-refractivity contribution >= 4 is 38.9 Å². The molecule has 0 aliphatic heterocycles. The summed E-state index contributed by atoms with van der Waals surface area (Å²) >= 11 is 5.01. The molecule has 2 nitrogen and oxygen atoms in total. The molecular formula is C13H12BrNOS. The minimum Gasteiger partial charge on any atom is -0.325 e. The molecule has 4 heteroatoms. The number of nitrogens with one attached hydrogen (secondary N) is 1. The molecule has 1 N–H and O–H groups in total. The number of anilines is 1. The normalized spacial score (nSPS) is 10.2. The molecule has 88 valence electrons. The number of rotatable bonds is 4. The van der Waals surface area contributed by atoms with Gasteiger partial charge in [0.25, 0.3) is 0 Å². The van der Waals surface area contributed by atoms with Gasteiger partial charge in [-0.05, 0) is 23.1 Å². The van der Waals surface area contributed by atoms with Gasteiger partial charge in [-0.2, -0.15) is 0 Å². The summed E-state index contributed by atoms with van der Waals surface area (Å²) in [6.07, 6.45) is 0.439. The zero-order valence-corrected chi connectivity index (χ0v) is 11.6. The zero-order valence-electron chi connectivity index (χ0n) is 9.15. The molecule has 2 aromatic rings. The molecule has 1 aromatic heterocycles. The van der Waals surface area contributed by atoms with Gasteiger partial charge in [0.1, 0.15) is 0 Å². The number of carbonyl (C=O) groups is 1. The van der Waals surface area contributed by atoms with Crippen LogP contribution in [-0.4, -0.2) is 5.91 Å². The van der Waals surface area contributed by atoms with E-state index in [1.54, 1.807) is 11.3 Å². The first-order valence-electron chi connectivity index (χ1n) is 5.25. The standard InChI is InChI=1S/C13H12BrNOS/c14-9-10-4-1-2-6-12(10)15-13(16)8-11-5-3-7-17-11/h1-7H,8-9H2,(H,15,16). The number of para-hydroxylation sites is 1. The maximum absolute atomic E-state index is 11.8. The Morgan fingerprint density at radius 1 is 1.24 bits per heavy atom. The van der Waals surface area contributed by atoms with Crippen molar-refractivity contribution in [3.05, 3.63) is 52.2 Å². The summed E-state index contributed by atoms with van der Waals surface area (Å²) in [7, 11) is 0. The number of alkyl halides is 1. The van der Waals surface area contributed by atoms with Gasteiger partial charge in [-0.1, -0.05) is 40.2 Å². The fourth-order valence-corrected chi connectivity index (χ4v) is 2.72. The Kier molecular flexibility index (Phi) is 4.34. The van der Waals surface area contributed by atoms with Crippen molar-refractivity contribution in [2.45, 2.75) is 11.8 Å². The molecule has 17 heavy (non-hydrogen) atoms. The molecule has 0 fully saturated rings. The van der Waals surface area contributed by atoms with Crippen LogP contribution in [-0.2, 0) is 16.5 Å². The Bertz CT molecular complexity index is 496. The van der Waals surface area contributed by atoms with Crippen LogP contribution in [0, 0.1) is 0 Å². The molecule has 0 aliphatic rings. The molecule has 1 heterocycles. The first kappa shape index (κ1) is 12.3. The Hall–Kier alpha value is -1.13. The quantitative estimate of drug-likeness (QED) is 0.855. The van der Waals surface area contributed by atoms with Crippen molar-refractivity contribution in [1.29, 1.82) is 0 Å². The predicted molar refractivity (Wildman–Crippen MR) is 75.7 cm³/mol. The highest BCUT2D eigenvalue weighted by Gasteiger charge is 2.07. The lowest BCUT2D eigenvalue weighted by Gasteiger charge is -2.08. The number of thiophene rings is 1. The molecule has 0 unspecified atom stereocenters. The van der Waals surface area contributed by atoms with Gasteiger partial charge in [-0.3, -0.25) is 4.79 Å². The topological polar surface area (TPSA) is 29.1 Å². The van der Waals surface area contributed by atoms with E-state index < -0.39 is 0 Å². The van der Waals surface area contributed by atoms with E-state index in [4.69, 9.17) is 0 Å². The van der Waals surface area contributed by atoms with E-state index in [-0.39, 0.29) is 5.91 Å². The lowest BCUT2D eigenvalue weighted by atomic mass is 10.2. The highest BCUT2D eigenvalue weighted by atomic mass is 79.9. The van der Waals surface area contributed by atoms with Gasteiger partial charge in [0.15, 0.2) is 0 Å². The third-order valence-corrected chi connectivity index (χ3v) is 3.83. The van der Waals surface area contributed by atoms with Crippen molar-refractivity contribution in [1.82, 2.24) is 0 Å². The molecule has 0 saturated heterocycles. The molecule has 0 bridgehead atoms. The summed E-state index contributed by atoms with van der Waals surface area (Å²) in [5.74, 6) is 0.0286. The highest BCUT2D eigenvalue weighted by molar-refractivity contribution is 9.08. The van der Waals surface area contributed by atoms with E-state index in [9.17, 15) is 4.79 Å². The van der Waals surface area contributed by atoms with Crippen molar-refractivity contribution < 1.29 is 4.79 Å². The lowest BCUT2D eigenvalue weighted by molar-refractivity contribution is -0.115. The third kappa shape index (κ3) is 3.41. The summed E-state index contributed by atoms with van der Waals surface area (Å²) < 4.78 is 0. The summed E-state index contributed by atoms with van der Waals surface area (Å²) in [6, 6.07) is 11.7. The van der Waals surface area contributed by atoms with Crippen molar-refractivity contribution in [2.24, 2.45) is 0 Å². The van der Waals surface area contributed by atoms with Crippen LogP contribution in [0.5, 0.6) is 0 Å². The van der Waals surface area contributed by atoms with Gasteiger partial charge in [0.05, 0.1) is 6.42 Å². The Morgan fingerprint density at radius 2 is 2.06 bits per heavy atom. The summed E-state index contributed by atoms with van der Waals surface area (Å²) in [5.41, 5.74) is 1.97. The first-order chi connectivity index (χ1) is 8.29. The van der Waals surface area contributed by atoms with Gasteiger partial charge in [-0.15, -0.1) is 11.3 Å². The van der Waals surface area contributed by atoms with Crippen LogP contribution < -0.4 is 5.32 Å². The maximum atomic E-state index is 11.8. The van der Waals surface area contributed by atoms with E-state index >= 15 is 0 Å². The van der Waals surface area contributed by atoms with E-state index in [2.05, 4.69) is 21.2 Å². The Labute approximate surface area is 113 Å². The van der Waals surface area contributed by atoms with Crippen LogP contribution in [0.4, 0.5) is 5.69 Å². The summed E-state index contributed by atoms with van der Waals surface area (Å²) in [5, 5.41) is 5.66. The van der Waals surface area contributed by atoms with Crippen molar-refractivity contribution in [3.8, 4) is 0 Å². The number of hydrogen-bond donors (Lipinski definition) is 1. The Balaban J connectivity index is 2.03. The zero-order chi connectivity index (χ0) is 12.1. The summed E-state index contributed by atoms with van der Waals surface area (Å²) in [4.78, 5) is 12.9. The van der Waals surface area contributed by atoms with E-state index in [0.717, 1.165) is 21.5 Å². The number of benzene rings is 1. The molecule has 0 atom stereocenters. The monoisotopic (exact) mass is 309 g/mol. The minimum absolute atomic E-state index is 0.0286. The molecule has 1 aromatic carbocycles. The van der Waals surface area contributed by atoms with Crippen LogP contribution in [0.2, 0.25) is 0 Å². The van der Waals surface area contributed by atoms with Crippen LogP contribution >= 0.6 is 27.3 Å². The average Bonchev–Trinajstić information content (AvgIpc) is 2.82. The maximum Gasteiger partial charge on any atom is 0.229 e. The molecule has 0 aliphatic carbocycles. The molecule has 0 radical (unpaired) electrons. The molecule has 0 spiro atoms. The smallest absolute Gasteiger partial charge is 0.229 e. The second-order valence-corrected chi connectivity index (χ2v) is 5.19. The van der Waals surface area contributed by atoms with Gasteiger partial charge >= 0.3 is 0 Å².